The summed E-state index contributed by atoms with van der Waals surface area (Å²) in [6.07, 6.45) is 4.71. The second kappa shape index (κ2) is 8.12. The molecule has 1 atom stereocenters. The Morgan fingerprint density at radius 1 is 1.22 bits per heavy atom. The van der Waals surface area contributed by atoms with E-state index in [9.17, 15) is 4.79 Å². The number of aromatic amines is 1. The van der Waals surface area contributed by atoms with Crippen LogP contribution in [0.15, 0.2) is 43.0 Å². The Morgan fingerprint density at radius 3 is 2.75 bits per heavy atom. The molecule has 32 heavy (non-hydrogen) atoms. The summed E-state index contributed by atoms with van der Waals surface area (Å²) in [5, 5.41) is 5.88. The van der Waals surface area contributed by atoms with Crippen molar-refractivity contribution in [2.24, 2.45) is 0 Å². The molecule has 10 nitrogen and oxygen atoms in total. The average molecular weight is 452 g/mol. The standard InChI is InChI=1S/C21H22ClN9O/c1-13-10-29(15-4-2-14(22)3-5-15)8-9-30(13)16(32)11-31-21-17(19(23)26-12-27-21)18(28-31)20-24-6-7-25-20/h2-7,12-13H,8-11H2,1H3,(H,24,25)(H2,23,26,27)/t13-/m0/s1. The molecule has 4 heterocycles. The molecule has 164 valence electrons. The summed E-state index contributed by atoms with van der Waals surface area (Å²) in [4.78, 5) is 33.1. The summed E-state index contributed by atoms with van der Waals surface area (Å²) in [5.74, 6) is 0.818. The number of carbonyl (C=O) groups is 1. The Labute approximate surface area is 189 Å². The number of nitrogens with zero attached hydrogens (tertiary/aromatic N) is 7. The smallest absolute Gasteiger partial charge is 0.244 e. The lowest BCUT2D eigenvalue weighted by atomic mass is 10.1. The van der Waals surface area contributed by atoms with Gasteiger partial charge in [-0.25, -0.2) is 19.6 Å². The monoisotopic (exact) mass is 451 g/mol. The third-order valence-electron chi connectivity index (χ3n) is 5.71. The molecule has 4 aromatic rings. The first-order valence-electron chi connectivity index (χ1n) is 10.3. The zero-order valence-corrected chi connectivity index (χ0v) is 18.2. The highest BCUT2D eigenvalue weighted by Crippen LogP contribution is 2.28. The Morgan fingerprint density at radius 2 is 2.03 bits per heavy atom. The van der Waals surface area contributed by atoms with Crippen molar-refractivity contribution in [3.8, 4) is 11.5 Å². The van der Waals surface area contributed by atoms with E-state index in [1.165, 1.54) is 6.33 Å². The van der Waals surface area contributed by atoms with Crippen LogP contribution in [0, 0.1) is 0 Å². The van der Waals surface area contributed by atoms with Gasteiger partial charge in [0.2, 0.25) is 5.91 Å². The largest absolute Gasteiger partial charge is 0.383 e. The number of amides is 1. The lowest BCUT2D eigenvalue weighted by Crippen LogP contribution is -2.54. The molecule has 0 radical (unpaired) electrons. The molecule has 1 saturated heterocycles. The van der Waals surface area contributed by atoms with Gasteiger partial charge in [-0.3, -0.25) is 4.79 Å². The first-order chi connectivity index (χ1) is 15.5. The number of anilines is 2. The molecule has 0 spiro atoms. The lowest BCUT2D eigenvalue weighted by molar-refractivity contribution is -0.134. The summed E-state index contributed by atoms with van der Waals surface area (Å²) in [5.41, 5.74) is 8.22. The van der Waals surface area contributed by atoms with E-state index in [0.29, 0.717) is 39.9 Å². The number of aromatic nitrogens is 6. The molecular weight excluding hydrogens is 430 g/mol. The van der Waals surface area contributed by atoms with Gasteiger partial charge in [-0.15, -0.1) is 0 Å². The van der Waals surface area contributed by atoms with Crippen molar-refractivity contribution in [3.05, 3.63) is 48.0 Å². The van der Waals surface area contributed by atoms with E-state index in [4.69, 9.17) is 17.3 Å². The van der Waals surface area contributed by atoms with E-state index in [1.807, 2.05) is 29.2 Å². The van der Waals surface area contributed by atoms with Crippen LogP contribution in [0.2, 0.25) is 5.02 Å². The Bertz CT molecular complexity index is 1250. The van der Waals surface area contributed by atoms with Gasteiger partial charge in [0.1, 0.15) is 24.4 Å². The number of nitrogens with two attached hydrogens (primary N) is 1. The first kappa shape index (κ1) is 20.3. The lowest BCUT2D eigenvalue weighted by Gasteiger charge is -2.41. The first-order valence-corrected chi connectivity index (χ1v) is 10.7. The molecule has 3 N–H and O–H groups in total. The zero-order valence-electron chi connectivity index (χ0n) is 17.4. The molecule has 1 fully saturated rings. The minimum atomic E-state index is -0.0270. The van der Waals surface area contributed by atoms with E-state index < -0.39 is 0 Å². The molecule has 5 rings (SSSR count). The van der Waals surface area contributed by atoms with Crippen LogP contribution in [0.25, 0.3) is 22.6 Å². The number of halogens is 1. The predicted molar refractivity (Wildman–Crippen MR) is 122 cm³/mol. The second-order valence-corrected chi connectivity index (χ2v) is 8.20. The molecule has 0 aliphatic carbocycles. The van der Waals surface area contributed by atoms with Crippen LogP contribution in [0.3, 0.4) is 0 Å². The number of rotatable bonds is 4. The number of nitrogen functional groups attached to an aromatic ring is 1. The summed E-state index contributed by atoms with van der Waals surface area (Å²) in [7, 11) is 0. The van der Waals surface area contributed by atoms with E-state index in [0.717, 1.165) is 18.8 Å². The summed E-state index contributed by atoms with van der Waals surface area (Å²) in [6.45, 7) is 4.20. The quantitative estimate of drug-likeness (QED) is 0.487. The van der Waals surface area contributed by atoms with Crippen molar-refractivity contribution in [3.63, 3.8) is 0 Å². The minimum Gasteiger partial charge on any atom is -0.383 e. The van der Waals surface area contributed by atoms with Crippen molar-refractivity contribution in [2.45, 2.75) is 19.5 Å². The van der Waals surface area contributed by atoms with Gasteiger partial charge in [0, 0.05) is 48.8 Å². The summed E-state index contributed by atoms with van der Waals surface area (Å²) >= 11 is 6.00. The van der Waals surface area contributed by atoms with Crippen molar-refractivity contribution in [1.29, 1.82) is 0 Å². The number of hydrogen-bond acceptors (Lipinski definition) is 7. The number of H-pyrrole nitrogens is 1. The molecule has 0 bridgehead atoms. The second-order valence-electron chi connectivity index (χ2n) is 7.76. The molecule has 11 heteroatoms. The van der Waals surface area contributed by atoms with Crippen LogP contribution >= 0.6 is 11.6 Å². The van der Waals surface area contributed by atoms with Gasteiger partial charge in [0.05, 0.1) is 5.39 Å². The normalized spacial score (nSPS) is 16.6. The maximum Gasteiger partial charge on any atom is 0.244 e. The van der Waals surface area contributed by atoms with Crippen molar-refractivity contribution in [1.82, 2.24) is 34.6 Å². The highest BCUT2D eigenvalue weighted by Gasteiger charge is 2.29. The highest BCUT2D eigenvalue weighted by molar-refractivity contribution is 6.30. The summed E-state index contributed by atoms with van der Waals surface area (Å²) < 4.78 is 1.58. The summed E-state index contributed by atoms with van der Waals surface area (Å²) in [6, 6.07) is 7.81. The predicted octanol–water partition coefficient (Wildman–Crippen LogP) is 2.19. The van der Waals surface area contributed by atoms with E-state index in [1.54, 1.807) is 17.1 Å². The topological polar surface area (TPSA) is 122 Å². The van der Waals surface area contributed by atoms with Crippen LogP contribution in [0.4, 0.5) is 11.5 Å². The Hall–Kier alpha value is -3.66. The van der Waals surface area contributed by atoms with Crippen LogP contribution in [-0.4, -0.2) is 66.2 Å². The van der Waals surface area contributed by atoms with Crippen molar-refractivity contribution < 1.29 is 4.79 Å². The average Bonchev–Trinajstić information content (AvgIpc) is 3.43. The minimum absolute atomic E-state index is 0.0270. The molecule has 0 saturated carbocycles. The van der Waals surface area contributed by atoms with Gasteiger partial charge < -0.3 is 20.5 Å². The number of nitrogens with one attached hydrogen (secondary N) is 1. The molecule has 1 aliphatic rings. The fourth-order valence-corrected chi connectivity index (χ4v) is 4.26. The van der Waals surface area contributed by atoms with Gasteiger partial charge in [-0.1, -0.05) is 11.6 Å². The number of imidazole rings is 1. The van der Waals surface area contributed by atoms with Gasteiger partial charge in [0.25, 0.3) is 0 Å². The number of hydrogen-bond donors (Lipinski definition) is 2. The van der Waals surface area contributed by atoms with Gasteiger partial charge >= 0.3 is 0 Å². The highest BCUT2D eigenvalue weighted by atomic mass is 35.5. The Kier molecular flexibility index (Phi) is 5.14. The van der Waals surface area contributed by atoms with Gasteiger partial charge in [-0.05, 0) is 31.2 Å². The molecule has 1 amide bonds. The van der Waals surface area contributed by atoms with E-state index in [2.05, 4.69) is 36.9 Å². The molecular formula is C21H22ClN9O. The van der Waals surface area contributed by atoms with Crippen molar-refractivity contribution in [2.75, 3.05) is 30.3 Å². The van der Waals surface area contributed by atoms with E-state index >= 15 is 0 Å². The fraction of sp³-hybridized carbons (Fsp3) is 0.286. The Balaban J connectivity index is 1.36. The molecule has 1 aromatic carbocycles. The number of carbonyl (C=O) groups excluding carboxylic acids is 1. The SMILES string of the molecule is C[C@H]1CN(c2ccc(Cl)cc2)CCN1C(=O)Cn1nc(-c2ncc[nH]2)c2c(N)ncnc21. The van der Waals surface area contributed by atoms with Gasteiger partial charge in [0.15, 0.2) is 11.5 Å². The van der Waals surface area contributed by atoms with Crippen LogP contribution in [0.5, 0.6) is 0 Å². The van der Waals surface area contributed by atoms with Crippen molar-refractivity contribution >= 4 is 40.0 Å². The third kappa shape index (κ3) is 3.62. The fourth-order valence-electron chi connectivity index (χ4n) is 4.13. The van der Waals surface area contributed by atoms with Crippen LogP contribution in [0.1, 0.15) is 6.92 Å². The number of benzene rings is 1. The maximum absolute atomic E-state index is 13.2. The van der Waals surface area contributed by atoms with E-state index in [-0.39, 0.29) is 18.5 Å². The molecule has 1 aliphatic heterocycles. The van der Waals surface area contributed by atoms with Crippen LogP contribution < -0.4 is 10.6 Å². The third-order valence-corrected chi connectivity index (χ3v) is 5.96. The zero-order chi connectivity index (χ0) is 22.2. The molecule has 3 aromatic heterocycles. The number of piperazine rings is 1. The van der Waals surface area contributed by atoms with Crippen LogP contribution in [-0.2, 0) is 11.3 Å². The van der Waals surface area contributed by atoms with Gasteiger partial charge in [-0.2, -0.15) is 5.10 Å². The number of fused-ring (bicyclic) bond motifs is 1. The molecule has 0 unspecified atom stereocenters. The maximum atomic E-state index is 13.2.